The number of nitrogens with two attached hydrogens (primary N) is 1. The quantitative estimate of drug-likeness (QED) is 0.820. The zero-order chi connectivity index (χ0) is 14.0. The average molecular weight is 297 g/mol. The van der Waals surface area contributed by atoms with Gasteiger partial charge in [0.25, 0.3) is 5.91 Å². The molecule has 0 aliphatic heterocycles. The smallest absolute Gasteiger partial charge is 0.251 e. The van der Waals surface area contributed by atoms with Crippen LogP contribution in [0.3, 0.4) is 0 Å². The van der Waals surface area contributed by atoms with Crippen LogP contribution in [0, 0.1) is 18.8 Å². The maximum Gasteiger partial charge on any atom is 0.251 e. The van der Waals surface area contributed by atoms with Gasteiger partial charge in [0, 0.05) is 17.3 Å². The minimum absolute atomic E-state index is 0. The summed E-state index contributed by atoms with van der Waals surface area (Å²) in [7, 11) is 0. The third-order valence-electron chi connectivity index (χ3n) is 4.53. The number of nitrogens with one attached hydrogen (secondary N) is 1. The van der Waals surface area contributed by atoms with E-state index in [1.807, 2.05) is 19.1 Å². The van der Waals surface area contributed by atoms with Gasteiger partial charge < -0.3 is 11.1 Å². The van der Waals surface area contributed by atoms with Crippen molar-refractivity contribution >= 4 is 24.0 Å². The number of nitrogen functional groups attached to an aromatic ring is 1. The van der Waals surface area contributed by atoms with Crippen LogP contribution in [0.2, 0.25) is 0 Å². The highest BCUT2D eigenvalue weighted by molar-refractivity contribution is 5.96. The molecule has 0 spiro atoms. The van der Waals surface area contributed by atoms with Crippen molar-refractivity contribution in [3.05, 3.63) is 29.3 Å². The maximum atomic E-state index is 12.4. The van der Waals surface area contributed by atoms with E-state index in [-0.39, 0.29) is 24.4 Å². The fraction of sp³-hybridized carbons (Fsp3) is 0.562. The third kappa shape index (κ3) is 3.66. The summed E-state index contributed by atoms with van der Waals surface area (Å²) < 4.78 is 0. The zero-order valence-corrected chi connectivity index (χ0v) is 13.3. The van der Waals surface area contributed by atoms with Gasteiger partial charge in [0.15, 0.2) is 0 Å². The van der Waals surface area contributed by atoms with Gasteiger partial charge in [0.2, 0.25) is 0 Å². The van der Waals surface area contributed by atoms with Crippen LogP contribution >= 0.6 is 12.4 Å². The van der Waals surface area contributed by atoms with E-state index in [0.29, 0.717) is 23.1 Å². The predicted molar refractivity (Wildman–Crippen MR) is 86.3 cm³/mol. The van der Waals surface area contributed by atoms with E-state index in [1.54, 1.807) is 6.07 Å². The Bertz CT molecular complexity index is 476. The fourth-order valence-corrected chi connectivity index (χ4v) is 2.92. The Kier molecular flexibility index (Phi) is 5.88. The molecule has 4 heteroatoms. The minimum Gasteiger partial charge on any atom is -0.399 e. The molecule has 0 radical (unpaired) electrons. The van der Waals surface area contributed by atoms with Crippen LogP contribution in [0.5, 0.6) is 0 Å². The van der Waals surface area contributed by atoms with Crippen molar-refractivity contribution in [1.82, 2.24) is 5.32 Å². The Labute approximate surface area is 127 Å². The molecule has 20 heavy (non-hydrogen) atoms. The van der Waals surface area contributed by atoms with Crippen LogP contribution in [0.1, 0.15) is 49.0 Å². The molecule has 1 aromatic rings. The molecule has 1 saturated carbocycles. The van der Waals surface area contributed by atoms with Gasteiger partial charge in [-0.25, -0.2) is 0 Å². The van der Waals surface area contributed by atoms with Gasteiger partial charge >= 0.3 is 0 Å². The molecule has 1 aromatic carbocycles. The van der Waals surface area contributed by atoms with Crippen LogP contribution in [-0.4, -0.2) is 11.9 Å². The van der Waals surface area contributed by atoms with Crippen molar-refractivity contribution in [1.29, 1.82) is 0 Å². The molecule has 3 nitrogen and oxygen atoms in total. The second-order valence-corrected chi connectivity index (χ2v) is 5.92. The molecule has 0 heterocycles. The van der Waals surface area contributed by atoms with Crippen molar-refractivity contribution in [2.75, 3.05) is 5.73 Å². The Morgan fingerprint density at radius 1 is 1.30 bits per heavy atom. The fourth-order valence-electron chi connectivity index (χ4n) is 2.92. The van der Waals surface area contributed by atoms with Crippen LogP contribution in [0.4, 0.5) is 5.69 Å². The van der Waals surface area contributed by atoms with Gasteiger partial charge in [0.1, 0.15) is 0 Å². The summed E-state index contributed by atoms with van der Waals surface area (Å²) in [6.45, 7) is 6.46. The van der Waals surface area contributed by atoms with Gasteiger partial charge in [-0.2, -0.15) is 0 Å². The third-order valence-corrected chi connectivity index (χ3v) is 4.53. The first-order valence-corrected chi connectivity index (χ1v) is 7.16. The van der Waals surface area contributed by atoms with Crippen molar-refractivity contribution in [3.63, 3.8) is 0 Å². The van der Waals surface area contributed by atoms with Gasteiger partial charge in [-0.15, -0.1) is 12.4 Å². The number of carbonyl (C=O) groups is 1. The van der Waals surface area contributed by atoms with Crippen LogP contribution in [0.15, 0.2) is 18.2 Å². The number of hydrogen-bond acceptors (Lipinski definition) is 2. The lowest BCUT2D eigenvalue weighted by molar-refractivity contribution is 0.0890. The predicted octanol–water partition coefficient (Wildman–Crippen LogP) is 3.55. The number of halogens is 1. The Hall–Kier alpha value is -1.22. The topological polar surface area (TPSA) is 55.1 Å². The van der Waals surface area contributed by atoms with E-state index < -0.39 is 0 Å². The molecule has 0 bridgehead atoms. The molecule has 3 atom stereocenters. The van der Waals surface area contributed by atoms with E-state index in [9.17, 15) is 4.79 Å². The van der Waals surface area contributed by atoms with Gasteiger partial charge in [-0.05, 0) is 42.9 Å². The number of aryl methyl sites for hydroxylation is 1. The highest BCUT2D eigenvalue weighted by Gasteiger charge is 2.28. The first-order chi connectivity index (χ1) is 8.99. The standard InChI is InChI=1S/C16H24N2O.ClH/c1-10-5-4-6-15(12(10)3)18-16(19)14-9-13(17)8-7-11(14)2;/h7-10,12,15H,4-6,17H2,1-3H3,(H,18,19);1H. The van der Waals surface area contributed by atoms with Gasteiger partial charge in [0.05, 0.1) is 0 Å². The van der Waals surface area contributed by atoms with Crippen LogP contribution in [-0.2, 0) is 0 Å². The van der Waals surface area contributed by atoms with Crippen molar-refractivity contribution < 1.29 is 4.79 Å². The molecule has 112 valence electrons. The van der Waals surface area contributed by atoms with Crippen LogP contribution < -0.4 is 11.1 Å². The van der Waals surface area contributed by atoms with E-state index in [4.69, 9.17) is 5.73 Å². The van der Waals surface area contributed by atoms with Gasteiger partial charge in [-0.3, -0.25) is 4.79 Å². The lowest BCUT2D eigenvalue weighted by atomic mass is 9.78. The SMILES string of the molecule is Cc1ccc(N)cc1C(=O)NC1CCCC(C)C1C.Cl. The lowest BCUT2D eigenvalue weighted by Gasteiger charge is -2.34. The maximum absolute atomic E-state index is 12.4. The molecule has 3 unspecified atom stereocenters. The molecule has 3 N–H and O–H groups in total. The van der Waals surface area contributed by atoms with Crippen LogP contribution in [0.25, 0.3) is 0 Å². The largest absolute Gasteiger partial charge is 0.399 e. The number of anilines is 1. The molecule has 1 fully saturated rings. The number of rotatable bonds is 2. The summed E-state index contributed by atoms with van der Waals surface area (Å²) in [5.74, 6) is 1.23. The summed E-state index contributed by atoms with van der Waals surface area (Å²) in [5.41, 5.74) is 8.08. The highest BCUT2D eigenvalue weighted by Crippen LogP contribution is 2.29. The summed E-state index contributed by atoms with van der Waals surface area (Å²) in [5, 5.41) is 3.19. The lowest BCUT2D eigenvalue weighted by Crippen LogP contribution is -2.43. The molecular weight excluding hydrogens is 272 g/mol. The van der Waals surface area contributed by atoms with E-state index in [1.165, 1.54) is 12.8 Å². The molecule has 1 aliphatic rings. The van der Waals surface area contributed by atoms with E-state index in [0.717, 1.165) is 12.0 Å². The summed E-state index contributed by atoms with van der Waals surface area (Å²) in [6, 6.07) is 5.79. The summed E-state index contributed by atoms with van der Waals surface area (Å²) in [6.07, 6.45) is 3.55. The molecule has 2 rings (SSSR count). The molecule has 1 aliphatic carbocycles. The van der Waals surface area contributed by atoms with E-state index in [2.05, 4.69) is 19.2 Å². The Balaban J connectivity index is 0.00000200. The normalized spacial score (nSPS) is 25.6. The monoisotopic (exact) mass is 296 g/mol. The Morgan fingerprint density at radius 3 is 2.70 bits per heavy atom. The molecular formula is C16H25ClN2O. The minimum atomic E-state index is 0. The second-order valence-electron chi connectivity index (χ2n) is 5.92. The first kappa shape index (κ1) is 16.8. The zero-order valence-electron chi connectivity index (χ0n) is 12.5. The summed E-state index contributed by atoms with van der Waals surface area (Å²) in [4.78, 5) is 12.4. The van der Waals surface area contributed by atoms with Crippen molar-refractivity contribution in [2.45, 2.75) is 46.1 Å². The average Bonchev–Trinajstić information content (AvgIpc) is 2.38. The Morgan fingerprint density at radius 2 is 2.00 bits per heavy atom. The number of hydrogen-bond donors (Lipinski definition) is 2. The summed E-state index contributed by atoms with van der Waals surface area (Å²) >= 11 is 0. The van der Waals surface area contributed by atoms with Gasteiger partial charge in [-0.1, -0.05) is 32.8 Å². The number of carbonyl (C=O) groups excluding carboxylic acids is 1. The van der Waals surface area contributed by atoms with E-state index >= 15 is 0 Å². The number of benzene rings is 1. The molecule has 1 amide bonds. The highest BCUT2D eigenvalue weighted by atomic mass is 35.5. The van der Waals surface area contributed by atoms with Crippen molar-refractivity contribution in [3.8, 4) is 0 Å². The van der Waals surface area contributed by atoms with Crippen molar-refractivity contribution in [2.24, 2.45) is 11.8 Å². The second kappa shape index (κ2) is 6.98. The molecule has 0 saturated heterocycles. The number of amides is 1. The first-order valence-electron chi connectivity index (χ1n) is 7.16. The molecule has 0 aromatic heterocycles.